The number of aryl methyl sites for hydroxylation is 1. The van der Waals surface area contributed by atoms with E-state index in [0.717, 1.165) is 16.7 Å². The monoisotopic (exact) mass is 417 g/mol. The van der Waals surface area contributed by atoms with Gasteiger partial charge in [-0.3, -0.25) is 18.8 Å². The van der Waals surface area contributed by atoms with Crippen molar-refractivity contribution in [2.75, 3.05) is 0 Å². The van der Waals surface area contributed by atoms with Crippen molar-refractivity contribution >= 4 is 5.78 Å². The minimum absolute atomic E-state index is 0.0410. The zero-order valence-corrected chi connectivity index (χ0v) is 17.3. The van der Waals surface area contributed by atoms with E-state index in [2.05, 4.69) is 5.10 Å². The number of ketones is 1. The number of halogens is 3. The number of aromatic nitrogens is 3. The summed E-state index contributed by atoms with van der Waals surface area (Å²) in [7, 11) is 1.71. The second kappa shape index (κ2) is 7.27. The van der Waals surface area contributed by atoms with Crippen LogP contribution in [0.15, 0.2) is 47.4 Å². The van der Waals surface area contributed by atoms with Crippen molar-refractivity contribution in [3.05, 3.63) is 69.8 Å². The average molecular weight is 417 g/mol. The lowest BCUT2D eigenvalue weighted by Crippen LogP contribution is -2.32. The Hall–Kier alpha value is -3.16. The molecule has 0 N–H and O–H groups in total. The quantitative estimate of drug-likeness (QED) is 0.576. The maximum atomic E-state index is 13.3. The Morgan fingerprint density at radius 3 is 2.27 bits per heavy atom. The molecule has 30 heavy (non-hydrogen) atoms. The van der Waals surface area contributed by atoms with Gasteiger partial charge in [0.1, 0.15) is 0 Å². The SMILES string of the molecule is Cc1c(-c2ccnn2C)cc(C(=O)C(C)(C)C)c(=O)n1-c1cccc(C(F)(F)F)c1. The Labute approximate surface area is 171 Å². The molecule has 2 heterocycles. The first-order chi connectivity index (χ1) is 13.8. The van der Waals surface area contributed by atoms with Crippen molar-refractivity contribution in [1.82, 2.24) is 14.3 Å². The average Bonchev–Trinajstić information content (AvgIpc) is 3.06. The van der Waals surface area contributed by atoms with Crippen LogP contribution in [0.5, 0.6) is 0 Å². The molecule has 8 heteroatoms. The van der Waals surface area contributed by atoms with E-state index in [0.29, 0.717) is 17.0 Å². The zero-order valence-electron chi connectivity index (χ0n) is 17.3. The van der Waals surface area contributed by atoms with E-state index in [9.17, 15) is 22.8 Å². The van der Waals surface area contributed by atoms with Crippen molar-refractivity contribution in [2.24, 2.45) is 12.5 Å². The van der Waals surface area contributed by atoms with E-state index in [-0.39, 0.29) is 11.3 Å². The number of carbonyl (C=O) groups excluding carboxylic acids is 1. The summed E-state index contributed by atoms with van der Waals surface area (Å²) < 4.78 is 42.5. The van der Waals surface area contributed by atoms with Crippen LogP contribution in [-0.2, 0) is 13.2 Å². The number of hydrogen-bond donors (Lipinski definition) is 0. The molecule has 0 radical (unpaired) electrons. The maximum absolute atomic E-state index is 13.3. The molecule has 0 unspecified atom stereocenters. The van der Waals surface area contributed by atoms with Gasteiger partial charge in [-0.15, -0.1) is 0 Å². The van der Waals surface area contributed by atoms with Crippen LogP contribution < -0.4 is 5.56 Å². The number of Topliss-reactive ketones (excluding diaryl/α,β-unsaturated/α-hetero) is 1. The standard InChI is InChI=1S/C22H22F3N3O2/c1-13-16(18-9-10-26-27(18)5)12-17(19(29)21(2,3)4)20(30)28(13)15-8-6-7-14(11-15)22(23,24)25/h6-12H,1-5H3. The largest absolute Gasteiger partial charge is 0.416 e. The second-order valence-corrected chi connectivity index (χ2v) is 8.16. The number of pyridine rings is 1. The van der Waals surface area contributed by atoms with Crippen LogP contribution >= 0.6 is 0 Å². The van der Waals surface area contributed by atoms with Gasteiger partial charge in [-0.2, -0.15) is 18.3 Å². The van der Waals surface area contributed by atoms with Crippen LogP contribution in [0.4, 0.5) is 13.2 Å². The van der Waals surface area contributed by atoms with E-state index in [4.69, 9.17) is 0 Å². The van der Waals surface area contributed by atoms with Gasteiger partial charge in [-0.05, 0) is 37.3 Å². The molecule has 0 atom stereocenters. The summed E-state index contributed by atoms with van der Waals surface area (Å²) in [6.45, 7) is 6.70. The Bertz CT molecular complexity index is 1180. The lowest BCUT2D eigenvalue weighted by atomic mass is 9.86. The molecule has 3 aromatic rings. The molecule has 0 amide bonds. The topological polar surface area (TPSA) is 56.9 Å². The normalized spacial score (nSPS) is 12.3. The number of carbonyl (C=O) groups is 1. The Morgan fingerprint density at radius 1 is 1.07 bits per heavy atom. The molecule has 0 saturated carbocycles. The molecule has 0 aliphatic rings. The minimum Gasteiger partial charge on any atom is -0.293 e. The summed E-state index contributed by atoms with van der Waals surface area (Å²) in [5.41, 5.74) is -0.826. The third kappa shape index (κ3) is 3.81. The highest BCUT2D eigenvalue weighted by atomic mass is 19.4. The molecule has 3 rings (SSSR count). The molecule has 1 aromatic carbocycles. The fraction of sp³-hybridized carbons (Fsp3) is 0.318. The summed E-state index contributed by atoms with van der Waals surface area (Å²) in [5, 5.41) is 4.12. The summed E-state index contributed by atoms with van der Waals surface area (Å²) in [5.74, 6) is -0.392. The number of rotatable bonds is 3. The molecule has 0 spiro atoms. The minimum atomic E-state index is -4.56. The van der Waals surface area contributed by atoms with Crippen LogP contribution in [0, 0.1) is 12.3 Å². The van der Waals surface area contributed by atoms with Crippen molar-refractivity contribution in [3.8, 4) is 16.9 Å². The van der Waals surface area contributed by atoms with E-state index in [1.807, 2.05) is 0 Å². The van der Waals surface area contributed by atoms with Crippen molar-refractivity contribution in [1.29, 1.82) is 0 Å². The molecule has 0 fully saturated rings. The van der Waals surface area contributed by atoms with Gasteiger partial charge in [0.05, 0.1) is 16.8 Å². The van der Waals surface area contributed by atoms with Crippen LogP contribution in [0.2, 0.25) is 0 Å². The van der Waals surface area contributed by atoms with Crippen LogP contribution in [0.3, 0.4) is 0 Å². The highest BCUT2D eigenvalue weighted by Gasteiger charge is 2.32. The summed E-state index contributed by atoms with van der Waals surface area (Å²) in [6.07, 6.45) is -2.99. The van der Waals surface area contributed by atoms with Gasteiger partial charge >= 0.3 is 6.18 Å². The molecule has 2 aromatic heterocycles. The first-order valence-corrected chi connectivity index (χ1v) is 9.30. The summed E-state index contributed by atoms with van der Waals surface area (Å²) >= 11 is 0. The predicted molar refractivity (Wildman–Crippen MR) is 108 cm³/mol. The first-order valence-electron chi connectivity index (χ1n) is 9.30. The summed E-state index contributed by atoms with van der Waals surface area (Å²) in [6, 6.07) is 7.73. The van der Waals surface area contributed by atoms with Gasteiger partial charge in [-0.25, -0.2) is 0 Å². The Balaban J connectivity index is 2.39. The molecule has 0 saturated heterocycles. The van der Waals surface area contributed by atoms with Gasteiger partial charge in [-0.1, -0.05) is 26.8 Å². The molecule has 0 aliphatic carbocycles. The molecule has 5 nitrogen and oxygen atoms in total. The molecular weight excluding hydrogens is 395 g/mol. The van der Waals surface area contributed by atoms with Crippen LogP contribution in [0.25, 0.3) is 16.9 Å². The van der Waals surface area contributed by atoms with Gasteiger partial charge in [0.15, 0.2) is 5.78 Å². The van der Waals surface area contributed by atoms with Crippen LogP contribution in [-0.4, -0.2) is 20.1 Å². The Kier molecular flexibility index (Phi) is 5.22. The van der Waals surface area contributed by atoms with Crippen molar-refractivity contribution in [2.45, 2.75) is 33.9 Å². The van der Waals surface area contributed by atoms with E-state index >= 15 is 0 Å². The van der Waals surface area contributed by atoms with E-state index in [1.54, 1.807) is 51.7 Å². The lowest BCUT2D eigenvalue weighted by molar-refractivity contribution is -0.137. The molecule has 158 valence electrons. The number of alkyl halides is 3. The van der Waals surface area contributed by atoms with Gasteiger partial charge in [0.25, 0.3) is 5.56 Å². The number of nitrogens with zero attached hydrogens (tertiary/aromatic N) is 3. The summed E-state index contributed by atoms with van der Waals surface area (Å²) in [4.78, 5) is 26.3. The van der Waals surface area contributed by atoms with E-state index in [1.165, 1.54) is 18.2 Å². The molecule has 0 bridgehead atoms. The van der Waals surface area contributed by atoms with Gasteiger partial charge in [0, 0.05) is 35.6 Å². The smallest absolute Gasteiger partial charge is 0.293 e. The Morgan fingerprint density at radius 2 is 1.73 bits per heavy atom. The van der Waals surface area contributed by atoms with Crippen LogP contribution in [0.1, 0.15) is 42.4 Å². The maximum Gasteiger partial charge on any atom is 0.416 e. The first kappa shape index (κ1) is 21.5. The molecular formula is C22H22F3N3O2. The third-order valence-corrected chi connectivity index (χ3v) is 4.90. The fourth-order valence-electron chi connectivity index (χ4n) is 3.30. The lowest BCUT2D eigenvalue weighted by Gasteiger charge is -2.21. The number of benzene rings is 1. The predicted octanol–water partition coefficient (Wildman–Crippen LogP) is 4.79. The third-order valence-electron chi connectivity index (χ3n) is 4.90. The molecule has 0 aliphatic heterocycles. The number of hydrogen-bond acceptors (Lipinski definition) is 3. The van der Waals surface area contributed by atoms with E-state index < -0.39 is 28.5 Å². The second-order valence-electron chi connectivity index (χ2n) is 8.16. The fourth-order valence-corrected chi connectivity index (χ4v) is 3.30. The van der Waals surface area contributed by atoms with Gasteiger partial charge < -0.3 is 0 Å². The van der Waals surface area contributed by atoms with Gasteiger partial charge in [0.2, 0.25) is 0 Å². The zero-order chi connectivity index (χ0) is 22.4. The van der Waals surface area contributed by atoms with Crippen molar-refractivity contribution in [3.63, 3.8) is 0 Å². The highest BCUT2D eigenvalue weighted by molar-refractivity contribution is 6.00. The van der Waals surface area contributed by atoms with Crippen molar-refractivity contribution < 1.29 is 18.0 Å². The highest BCUT2D eigenvalue weighted by Crippen LogP contribution is 2.32.